The summed E-state index contributed by atoms with van der Waals surface area (Å²) in [5, 5.41) is 4.92. The predicted octanol–water partition coefficient (Wildman–Crippen LogP) is 5.06. The van der Waals surface area contributed by atoms with Crippen LogP contribution in [-0.4, -0.2) is 23.7 Å². The maximum Gasteiger partial charge on any atom is 0.272 e. The highest BCUT2D eigenvalue weighted by Crippen LogP contribution is 2.24. The zero-order valence-corrected chi connectivity index (χ0v) is 16.6. The largest absolute Gasteiger partial charge is 0.493 e. The first-order chi connectivity index (χ1) is 14.8. The van der Waals surface area contributed by atoms with Crippen molar-refractivity contribution in [3.8, 4) is 17.0 Å². The molecule has 0 spiro atoms. The minimum Gasteiger partial charge on any atom is -0.493 e. The van der Waals surface area contributed by atoms with Gasteiger partial charge in [-0.25, -0.2) is 10.4 Å². The van der Waals surface area contributed by atoms with E-state index >= 15 is 0 Å². The van der Waals surface area contributed by atoms with Gasteiger partial charge >= 0.3 is 0 Å². The summed E-state index contributed by atoms with van der Waals surface area (Å²) in [6.45, 7) is 2.48. The van der Waals surface area contributed by atoms with Crippen LogP contribution in [0.1, 0.15) is 22.8 Å². The van der Waals surface area contributed by atoms with E-state index in [0.717, 1.165) is 33.5 Å². The Hall–Kier alpha value is -3.99. The van der Waals surface area contributed by atoms with Crippen molar-refractivity contribution in [1.82, 2.24) is 10.4 Å². The number of rotatable bonds is 6. The third-order valence-corrected chi connectivity index (χ3v) is 4.62. The molecular weight excluding hydrogens is 374 g/mol. The molecule has 5 nitrogen and oxygen atoms in total. The molecule has 0 bridgehead atoms. The third-order valence-electron chi connectivity index (χ3n) is 4.62. The van der Waals surface area contributed by atoms with Crippen molar-refractivity contribution in [2.45, 2.75) is 6.92 Å². The second-order valence-corrected chi connectivity index (χ2v) is 6.61. The number of hydrogen-bond acceptors (Lipinski definition) is 4. The van der Waals surface area contributed by atoms with Gasteiger partial charge in [-0.3, -0.25) is 4.79 Å². The average Bonchev–Trinajstić information content (AvgIpc) is 2.80. The lowest BCUT2D eigenvalue weighted by Crippen LogP contribution is -2.18. The number of benzene rings is 3. The molecule has 1 heterocycles. The molecule has 0 aliphatic rings. The summed E-state index contributed by atoms with van der Waals surface area (Å²) in [5.74, 6) is 0.426. The second-order valence-electron chi connectivity index (χ2n) is 6.61. The van der Waals surface area contributed by atoms with Crippen molar-refractivity contribution >= 4 is 23.0 Å². The number of fused-ring (bicyclic) bond motifs is 1. The maximum atomic E-state index is 13.0. The quantitative estimate of drug-likeness (QED) is 0.366. The van der Waals surface area contributed by atoms with Crippen LogP contribution in [0.3, 0.4) is 0 Å². The standard InChI is InChI=1S/C25H21N3O2/c1-2-30-24-15-9-6-12-19(24)17-26-28-25(29)21-16-23(18-10-4-3-5-11-18)27-22-14-8-7-13-20(21)22/h3-17H,2H2,1H3,(H,28,29)/b26-17-. The molecule has 0 aliphatic carbocycles. The van der Waals surface area contributed by atoms with Crippen LogP contribution in [0.5, 0.6) is 5.75 Å². The molecule has 0 radical (unpaired) electrons. The fourth-order valence-corrected chi connectivity index (χ4v) is 3.21. The van der Waals surface area contributed by atoms with Gasteiger partial charge in [0.25, 0.3) is 5.91 Å². The van der Waals surface area contributed by atoms with Crippen LogP contribution in [0, 0.1) is 0 Å². The minimum atomic E-state index is -0.295. The summed E-state index contributed by atoms with van der Waals surface area (Å²) >= 11 is 0. The minimum absolute atomic E-state index is 0.295. The van der Waals surface area contributed by atoms with Gasteiger partial charge in [0.2, 0.25) is 0 Å². The second kappa shape index (κ2) is 9.01. The lowest BCUT2D eigenvalue weighted by Gasteiger charge is -2.09. The van der Waals surface area contributed by atoms with E-state index in [1.165, 1.54) is 0 Å². The topological polar surface area (TPSA) is 63.6 Å². The molecule has 1 aromatic heterocycles. The van der Waals surface area contributed by atoms with Gasteiger partial charge in [-0.15, -0.1) is 0 Å². The zero-order valence-electron chi connectivity index (χ0n) is 16.6. The van der Waals surface area contributed by atoms with Crippen LogP contribution in [0.2, 0.25) is 0 Å². The number of hydrazone groups is 1. The van der Waals surface area contributed by atoms with E-state index in [-0.39, 0.29) is 5.91 Å². The van der Waals surface area contributed by atoms with Gasteiger partial charge in [-0.1, -0.05) is 60.7 Å². The van der Waals surface area contributed by atoms with E-state index in [2.05, 4.69) is 10.5 Å². The fraction of sp³-hybridized carbons (Fsp3) is 0.0800. The summed E-state index contributed by atoms with van der Waals surface area (Å²) < 4.78 is 5.59. The summed E-state index contributed by atoms with van der Waals surface area (Å²) in [6.07, 6.45) is 1.59. The molecule has 148 valence electrons. The lowest BCUT2D eigenvalue weighted by atomic mass is 10.0. The molecule has 0 saturated carbocycles. The van der Waals surface area contributed by atoms with E-state index in [1.54, 1.807) is 12.3 Å². The SMILES string of the molecule is CCOc1ccccc1/C=N\NC(=O)c1cc(-c2ccccc2)nc2ccccc12. The van der Waals surface area contributed by atoms with Crippen molar-refractivity contribution in [2.24, 2.45) is 5.10 Å². The van der Waals surface area contributed by atoms with Gasteiger partial charge in [0.1, 0.15) is 5.75 Å². The van der Waals surface area contributed by atoms with Gasteiger partial charge in [0, 0.05) is 16.5 Å². The third kappa shape index (κ3) is 4.20. The summed E-state index contributed by atoms with van der Waals surface area (Å²) in [7, 11) is 0. The predicted molar refractivity (Wildman–Crippen MR) is 120 cm³/mol. The number of aromatic nitrogens is 1. The Bertz CT molecular complexity index is 1200. The zero-order chi connectivity index (χ0) is 20.8. The van der Waals surface area contributed by atoms with Crippen molar-refractivity contribution in [3.05, 3.63) is 96.1 Å². The van der Waals surface area contributed by atoms with Crippen LogP contribution >= 0.6 is 0 Å². The number of pyridine rings is 1. The molecule has 5 heteroatoms. The van der Waals surface area contributed by atoms with E-state index in [4.69, 9.17) is 9.72 Å². The molecule has 4 rings (SSSR count). The Morgan fingerprint density at radius 3 is 2.57 bits per heavy atom. The van der Waals surface area contributed by atoms with Crippen molar-refractivity contribution in [2.75, 3.05) is 6.61 Å². The molecule has 0 saturated heterocycles. The normalized spacial score (nSPS) is 11.0. The molecule has 0 unspecified atom stereocenters. The Morgan fingerprint density at radius 1 is 1.00 bits per heavy atom. The molecule has 0 aliphatic heterocycles. The van der Waals surface area contributed by atoms with Crippen molar-refractivity contribution < 1.29 is 9.53 Å². The molecule has 1 amide bonds. The summed E-state index contributed by atoms with van der Waals surface area (Å²) in [5.41, 5.74) is 6.40. The van der Waals surface area contributed by atoms with Gasteiger partial charge in [-0.2, -0.15) is 5.10 Å². The summed E-state index contributed by atoms with van der Waals surface area (Å²) in [6, 6.07) is 26.7. The number of carbonyl (C=O) groups is 1. The first-order valence-corrected chi connectivity index (χ1v) is 9.76. The Kier molecular flexibility index (Phi) is 5.80. The molecule has 3 aromatic carbocycles. The van der Waals surface area contributed by atoms with E-state index in [1.807, 2.05) is 85.8 Å². The maximum absolute atomic E-state index is 13.0. The van der Waals surface area contributed by atoms with Gasteiger partial charge in [-0.05, 0) is 31.2 Å². The van der Waals surface area contributed by atoms with Gasteiger partial charge < -0.3 is 4.74 Å². The van der Waals surface area contributed by atoms with Crippen LogP contribution < -0.4 is 10.2 Å². The van der Waals surface area contributed by atoms with Crippen LogP contribution in [0.25, 0.3) is 22.2 Å². The van der Waals surface area contributed by atoms with Gasteiger partial charge in [0.05, 0.1) is 29.6 Å². The Morgan fingerprint density at radius 2 is 1.73 bits per heavy atom. The van der Waals surface area contributed by atoms with Crippen LogP contribution in [0.4, 0.5) is 0 Å². The highest BCUT2D eigenvalue weighted by Gasteiger charge is 2.13. The van der Waals surface area contributed by atoms with E-state index < -0.39 is 0 Å². The van der Waals surface area contributed by atoms with Gasteiger partial charge in [0.15, 0.2) is 0 Å². The number of amides is 1. The summed E-state index contributed by atoms with van der Waals surface area (Å²) in [4.78, 5) is 17.7. The Labute approximate surface area is 175 Å². The van der Waals surface area contributed by atoms with E-state index in [0.29, 0.717) is 12.2 Å². The van der Waals surface area contributed by atoms with Crippen LogP contribution in [-0.2, 0) is 0 Å². The number of carbonyl (C=O) groups excluding carboxylic acids is 1. The van der Waals surface area contributed by atoms with E-state index in [9.17, 15) is 4.79 Å². The molecule has 30 heavy (non-hydrogen) atoms. The molecular formula is C25H21N3O2. The number of nitrogens with zero attached hydrogens (tertiary/aromatic N) is 2. The average molecular weight is 395 g/mol. The highest BCUT2D eigenvalue weighted by atomic mass is 16.5. The number of nitrogens with one attached hydrogen (secondary N) is 1. The monoisotopic (exact) mass is 395 g/mol. The molecule has 1 N–H and O–H groups in total. The van der Waals surface area contributed by atoms with Crippen molar-refractivity contribution in [3.63, 3.8) is 0 Å². The van der Waals surface area contributed by atoms with Crippen LogP contribution in [0.15, 0.2) is 90.0 Å². The molecule has 0 fully saturated rings. The smallest absolute Gasteiger partial charge is 0.272 e. The first kappa shape index (κ1) is 19.3. The highest BCUT2D eigenvalue weighted by molar-refractivity contribution is 6.07. The first-order valence-electron chi connectivity index (χ1n) is 9.76. The number of hydrogen-bond donors (Lipinski definition) is 1. The number of para-hydroxylation sites is 2. The number of ether oxygens (including phenoxy) is 1. The molecule has 0 atom stereocenters. The Balaban J connectivity index is 1.65. The molecule has 4 aromatic rings. The van der Waals surface area contributed by atoms with Crippen molar-refractivity contribution in [1.29, 1.82) is 0 Å². The lowest BCUT2D eigenvalue weighted by molar-refractivity contribution is 0.0956. The fourth-order valence-electron chi connectivity index (χ4n) is 3.21.